The van der Waals surface area contributed by atoms with E-state index in [0.29, 0.717) is 13.0 Å². The van der Waals surface area contributed by atoms with Crippen LogP contribution in [0.15, 0.2) is 24.3 Å². The summed E-state index contributed by atoms with van der Waals surface area (Å²) < 4.78 is 0. The van der Waals surface area contributed by atoms with Gasteiger partial charge in [0.25, 0.3) is 0 Å². The highest BCUT2D eigenvalue weighted by Gasteiger charge is 2.40. The molecule has 18 heavy (non-hydrogen) atoms. The van der Waals surface area contributed by atoms with Gasteiger partial charge in [-0.25, -0.2) is 0 Å². The number of nitrogens with zero attached hydrogens (tertiary/aromatic N) is 1. The van der Waals surface area contributed by atoms with Gasteiger partial charge in [-0.3, -0.25) is 4.90 Å². The van der Waals surface area contributed by atoms with Gasteiger partial charge in [-0.1, -0.05) is 29.8 Å². The van der Waals surface area contributed by atoms with Crippen molar-refractivity contribution in [3.8, 4) is 0 Å². The topological polar surface area (TPSA) is 43.7 Å². The second-order valence-corrected chi connectivity index (χ2v) is 5.45. The number of aliphatic hydroxyl groups excluding tert-OH is 1. The summed E-state index contributed by atoms with van der Waals surface area (Å²) in [7, 11) is 1.99. The lowest BCUT2D eigenvalue weighted by atomic mass is 9.85. The summed E-state index contributed by atoms with van der Waals surface area (Å²) in [5.41, 5.74) is 1.43. The summed E-state index contributed by atoms with van der Waals surface area (Å²) in [6.45, 7) is 4.25. The molecule has 1 heterocycles. The van der Waals surface area contributed by atoms with E-state index in [-0.39, 0.29) is 18.4 Å². The second kappa shape index (κ2) is 5.57. The molecular formula is C14H22ClNO2. The number of aryl methyl sites for hydroxylation is 1. The Morgan fingerprint density at radius 3 is 2.39 bits per heavy atom. The Bertz CT molecular complexity index is 391. The Labute approximate surface area is 115 Å². The fourth-order valence-electron chi connectivity index (χ4n) is 2.54. The molecule has 0 aliphatic carbocycles. The zero-order valence-electron chi connectivity index (χ0n) is 11.1. The third kappa shape index (κ3) is 3.04. The van der Waals surface area contributed by atoms with E-state index in [1.807, 2.05) is 7.05 Å². The number of hydrogen-bond acceptors (Lipinski definition) is 3. The molecule has 1 aliphatic rings. The first-order valence-electron chi connectivity index (χ1n) is 6.07. The Morgan fingerprint density at radius 2 is 1.83 bits per heavy atom. The van der Waals surface area contributed by atoms with Gasteiger partial charge in [0.15, 0.2) is 0 Å². The van der Waals surface area contributed by atoms with Gasteiger partial charge >= 0.3 is 0 Å². The average Bonchev–Trinajstić information content (AvgIpc) is 2.24. The van der Waals surface area contributed by atoms with Gasteiger partial charge in [0.05, 0.1) is 6.10 Å². The third-order valence-electron chi connectivity index (χ3n) is 3.73. The van der Waals surface area contributed by atoms with Crippen LogP contribution in [0.5, 0.6) is 0 Å². The van der Waals surface area contributed by atoms with Crippen molar-refractivity contribution in [2.75, 3.05) is 13.6 Å². The number of benzene rings is 1. The van der Waals surface area contributed by atoms with Crippen LogP contribution in [0.1, 0.15) is 30.5 Å². The van der Waals surface area contributed by atoms with Crippen LogP contribution in [-0.2, 0) is 0 Å². The van der Waals surface area contributed by atoms with E-state index >= 15 is 0 Å². The van der Waals surface area contributed by atoms with Crippen molar-refractivity contribution in [1.82, 2.24) is 4.90 Å². The Morgan fingerprint density at radius 1 is 1.28 bits per heavy atom. The molecule has 0 spiro atoms. The molecule has 1 aromatic rings. The standard InChI is InChI=1S/C14H21NO2.ClH/c1-10-4-6-11(7-5-10)12-8-13(16)14(2,17)9-15(12)3;/h4-7,12-13,16-17H,8-9H2,1-3H3;1H/t12-,13-,14-;/m0./s1. The number of halogens is 1. The van der Waals surface area contributed by atoms with Crippen LogP contribution in [0.2, 0.25) is 0 Å². The molecule has 2 rings (SSSR count). The molecule has 0 amide bonds. The normalized spacial score (nSPS) is 32.9. The molecule has 0 unspecified atom stereocenters. The van der Waals surface area contributed by atoms with Crippen LogP contribution in [-0.4, -0.2) is 40.4 Å². The predicted molar refractivity (Wildman–Crippen MR) is 75.0 cm³/mol. The largest absolute Gasteiger partial charge is 0.390 e. The van der Waals surface area contributed by atoms with E-state index in [9.17, 15) is 10.2 Å². The third-order valence-corrected chi connectivity index (χ3v) is 3.73. The van der Waals surface area contributed by atoms with Crippen LogP contribution in [0.3, 0.4) is 0 Å². The number of likely N-dealkylation sites (N-methyl/N-ethyl adjacent to an activating group) is 1. The lowest BCUT2D eigenvalue weighted by Crippen LogP contribution is -2.54. The fraction of sp³-hybridized carbons (Fsp3) is 0.571. The highest BCUT2D eigenvalue weighted by Crippen LogP contribution is 2.34. The average molecular weight is 272 g/mol. The molecule has 0 radical (unpaired) electrons. The van der Waals surface area contributed by atoms with Crippen molar-refractivity contribution in [3.63, 3.8) is 0 Å². The van der Waals surface area contributed by atoms with Gasteiger partial charge in [0.2, 0.25) is 0 Å². The number of rotatable bonds is 1. The van der Waals surface area contributed by atoms with Crippen LogP contribution in [0, 0.1) is 6.92 Å². The molecule has 1 fully saturated rings. The van der Waals surface area contributed by atoms with E-state index in [1.165, 1.54) is 11.1 Å². The van der Waals surface area contributed by atoms with Crippen molar-refractivity contribution in [1.29, 1.82) is 0 Å². The van der Waals surface area contributed by atoms with E-state index in [2.05, 4.69) is 36.1 Å². The smallest absolute Gasteiger partial charge is 0.100 e. The van der Waals surface area contributed by atoms with E-state index in [4.69, 9.17) is 0 Å². The molecule has 4 heteroatoms. The summed E-state index contributed by atoms with van der Waals surface area (Å²) >= 11 is 0. The number of hydrogen-bond donors (Lipinski definition) is 2. The quantitative estimate of drug-likeness (QED) is 0.820. The van der Waals surface area contributed by atoms with Crippen molar-refractivity contribution >= 4 is 12.4 Å². The van der Waals surface area contributed by atoms with Gasteiger partial charge in [0, 0.05) is 12.6 Å². The molecule has 1 aliphatic heterocycles. The minimum absolute atomic E-state index is 0. The summed E-state index contributed by atoms with van der Waals surface area (Å²) in [5.74, 6) is 0. The molecule has 1 saturated heterocycles. The van der Waals surface area contributed by atoms with Crippen LogP contribution in [0.25, 0.3) is 0 Å². The molecule has 102 valence electrons. The van der Waals surface area contributed by atoms with E-state index in [1.54, 1.807) is 6.92 Å². The van der Waals surface area contributed by atoms with Gasteiger partial charge in [-0.05, 0) is 32.9 Å². The van der Waals surface area contributed by atoms with Gasteiger partial charge in [-0.15, -0.1) is 12.4 Å². The zero-order chi connectivity index (χ0) is 12.6. The molecule has 0 aromatic heterocycles. The first kappa shape index (κ1) is 15.4. The predicted octanol–water partition coefficient (Wildman–Crippen LogP) is 1.91. The molecule has 0 saturated carbocycles. The Hall–Kier alpha value is -0.610. The summed E-state index contributed by atoms with van der Waals surface area (Å²) in [5, 5.41) is 20.0. The zero-order valence-corrected chi connectivity index (χ0v) is 11.9. The van der Waals surface area contributed by atoms with Gasteiger partial charge in [0.1, 0.15) is 5.60 Å². The van der Waals surface area contributed by atoms with Gasteiger partial charge < -0.3 is 10.2 Å². The molecular weight excluding hydrogens is 250 g/mol. The number of piperidine rings is 1. The van der Waals surface area contributed by atoms with Crippen molar-refractivity contribution in [2.24, 2.45) is 0 Å². The highest BCUT2D eigenvalue weighted by molar-refractivity contribution is 5.85. The van der Waals surface area contributed by atoms with Crippen LogP contribution >= 0.6 is 12.4 Å². The fourth-order valence-corrected chi connectivity index (χ4v) is 2.54. The highest BCUT2D eigenvalue weighted by atomic mass is 35.5. The van der Waals surface area contributed by atoms with E-state index in [0.717, 1.165) is 0 Å². The SMILES string of the molecule is Cc1ccc([C@@H]2C[C@H](O)[C@@](C)(O)CN2C)cc1.Cl. The summed E-state index contributed by atoms with van der Waals surface area (Å²) in [6, 6.07) is 8.56. The molecule has 1 aromatic carbocycles. The maximum atomic E-state index is 10.0. The summed E-state index contributed by atoms with van der Waals surface area (Å²) in [4.78, 5) is 2.11. The minimum Gasteiger partial charge on any atom is -0.390 e. The van der Waals surface area contributed by atoms with Crippen molar-refractivity contribution in [3.05, 3.63) is 35.4 Å². The summed E-state index contributed by atoms with van der Waals surface area (Å²) in [6.07, 6.45) is -0.0861. The minimum atomic E-state index is -1.00. The monoisotopic (exact) mass is 271 g/mol. The van der Waals surface area contributed by atoms with Crippen LogP contribution < -0.4 is 0 Å². The maximum absolute atomic E-state index is 10.0. The second-order valence-electron chi connectivity index (χ2n) is 5.45. The van der Waals surface area contributed by atoms with Gasteiger partial charge in [-0.2, -0.15) is 0 Å². The lowest BCUT2D eigenvalue weighted by Gasteiger charge is -2.44. The Balaban J connectivity index is 0.00000162. The van der Waals surface area contributed by atoms with Crippen molar-refractivity contribution in [2.45, 2.75) is 38.0 Å². The van der Waals surface area contributed by atoms with Crippen LogP contribution in [0.4, 0.5) is 0 Å². The first-order chi connectivity index (χ1) is 7.90. The maximum Gasteiger partial charge on any atom is 0.100 e. The van der Waals surface area contributed by atoms with Crippen molar-refractivity contribution < 1.29 is 10.2 Å². The first-order valence-corrected chi connectivity index (χ1v) is 6.07. The Kier molecular flexibility index (Phi) is 4.78. The lowest BCUT2D eigenvalue weighted by molar-refractivity contribution is -0.121. The molecule has 0 bridgehead atoms. The number of aliphatic hydroxyl groups is 2. The van der Waals surface area contributed by atoms with E-state index < -0.39 is 11.7 Å². The molecule has 2 N–H and O–H groups in total. The molecule has 3 atom stereocenters. The number of β-amino-alcohol motifs (C(OH)–C–C–N with tert-alkyl or cyclic N) is 1. The number of likely N-dealkylation sites (tertiary alicyclic amines) is 1. The molecule has 3 nitrogen and oxygen atoms in total.